The van der Waals surface area contributed by atoms with E-state index in [0.717, 1.165) is 24.9 Å². The Morgan fingerprint density at radius 3 is 2.57 bits per heavy atom. The molecule has 0 aromatic heterocycles. The molecule has 0 aliphatic carbocycles. The Balaban J connectivity index is 2.45. The van der Waals surface area contributed by atoms with E-state index < -0.39 is 0 Å². The van der Waals surface area contributed by atoms with Gasteiger partial charge in [0.15, 0.2) is 0 Å². The summed E-state index contributed by atoms with van der Waals surface area (Å²) in [6.07, 6.45) is 4.45. The van der Waals surface area contributed by atoms with E-state index >= 15 is 0 Å². The number of hydrogen-bond acceptors (Lipinski definition) is 5. The molecule has 1 aromatic rings. The van der Waals surface area contributed by atoms with Gasteiger partial charge in [0.05, 0.1) is 12.2 Å². The van der Waals surface area contributed by atoms with Gasteiger partial charge < -0.3 is 10.1 Å². The van der Waals surface area contributed by atoms with Gasteiger partial charge in [0.1, 0.15) is 6.67 Å². The summed E-state index contributed by atoms with van der Waals surface area (Å²) in [4.78, 5) is 22.0. The molecule has 0 saturated carbocycles. The number of rotatable bonds is 10. The van der Waals surface area contributed by atoms with Gasteiger partial charge in [-0.05, 0) is 41.8 Å². The zero-order valence-electron chi connectivity index (χ0n) is 12.8. The molecule has 116 valence electrons. The van der Waals surface area contributed by atoms with E-state index in [1.807, 2.05) is 0 Å². The quantitative estimate of drug-likeness (QED) is 0.518. The summed E-state index contributed by atoms with van der Waals surface area (Å²) in [6, 6.07) is 6.83. The van der Waals surface area contributed by atoms with E-state index in [4.69, 9.17) is 4.74 Å². The lowest BCUT2D eigenvalue weighted by atomic mass is 10.0. The largest absolute Gasteiger partial charge is 0.462 e. The second-order valence-corrected chi connectivity index (χ2v) is 5.06. The monoisotopic (exact) mass is 292 g/mol. The fourth-order valence-electron chi connectivity index (χ4n) is 2.02. The molecule has 1 aromatic carbocycles. The van der Waals surface area contributed by atoms with E-state index in [9.17, 15) is 9.70 Å². The third-order valence-electron chi connectivity index (χ3n) is 3.46. The molecule has 0 fully saturated rings. The highest BCUT2D eigenvalue weighted by molar-refractivity contribution is 5.89. The predicted octanol–water partition coefficient (Wildman–Crippen LogP) is 4.20. The van der Waals surface area contributed by atoms with Crippen LogP contribution < -0.4 is 5.32 Å². The number of carbonyl (C=O) groups excluding carboxylic acids is 1. The number of ether oxygens (including phenoxy) is 1. The second kappa shape index (κ2) is 9.91. The molecule has 0 saturated heterocycles. The number of benzene rings is 1. The molecule has 0 radical (unpaired) electrons. The minimum absolute atomic E-state index is 0.0133. The summed E-state index contributed by atoms with van der Waals surface area (Å²) in [5.41, 5.74) is 1.27. The number of nitroso groups, excluding NO2 is 1. The van der Waals surface area contributed by atoms with Crippen molar-refractivity contribution in [2.45, 2.75) is 39.5 Å². The van der Waals surface area contributed by atoms with E-state index in [1.165, 1.54) is 6.42 Å². The molecule has 1 N–H and O–H groups in total. The van der Waals surface area contributed by atoms with Crippen LogP contribution in [0, 0.1) is 10.8 Å². The van der Waals surface area contributed by atoms with Crippen LogP contribution in [0.2, 0.25) is 0 Å². The van der Waals surface area contributed by atoms with Crippen molar-refractivity contribution in [2.24, 2.45) is 11.1 Å². The fourth-order valence-corrected chi connectivity index (χ4v) is 2.02. The normalized spacial score (nSPS) is 11.7. The van der Waals surface area contributed by atoms with Crippen molar-refractivity contribution < 1.29 is 9.53 Å². The van der Waals surface area contributed by atoms with Gasteiger partial charge in [0.2, 0.25) is 0 Å². The lowest BCUT2D eigenvalue weighted by Gasteiger charge is -2.14. The van der Waals surface area contributed by atoms with Crippen LogP contribution in [0.3, 0.4) is 0 Å². The Morgan fingerprint density at radius 1 is 1.29 bits per heavy atom. The van der Waals surface area contributed by atoms with Crippen LogP contribution in [-0.2, 0) is 4.74 Å². The number of nitrogens with zero attached hydrogens (tertiary/aromatic N) is 1. The van der Waals surface area contributed by atoms with E-state index in [-0.39, 0.29) is 12.6 Å². The highest BCUT2D eigenvalue weighted by Gasteiger charge is 2.11. The van der Waals surface area contributed by atoms with Crippen LogP contribution in [0.4, 0.5) is 5.69 Å². The van der Waals surface area contributed by atoms with Gasteiger partial charge in [-0.3, -0.25) is 0 Å². The molecule has 1 unspecified atom stereocenters. The van der Waals surface area contributed by atoms with Crippen molar-refractivity contribution in [3.05, 3.63) is 34.7 Å². The molecule has 21 heavy (non-hydrogen) atoms. The number of hydrogen-bond donors (Lipinski definition) is 1. The maximum atomic E-state index is 12.0. The Labute approximate surface area is 126 Å². The third kappa shape index (κ3) is 6.38. The molecule has 0 heterocycles. The Morgan fingerprint density at radius 2 is 2.00 bits per heavy atom. The smallest absolute Gasteiger partial charge is 0.338 e. The van der Waals surface area contributed by atoms with Crippen LogP contribution in [0.1, 0.15) is 49.9 Å². The van der Waals surface area contributed by atoms with Crippen LogP contribution >= 0.6 is 0 Å². The van der Waals surface area contributed by atoms with Gasteiger partial charge in [-0.1, -0.05) is 33.1 Å². The SMILES string of the molecule is CCCCC(CC)COC(=O)c1ccc(NCN=O)cc1. The van der Waals surface area contributed by atoms with E-state index in [1.54, 1.807) is 24.3 Å². The first kappa shape index (κ1) is 17.1. The summed E-state index contributed by atoms with van der Waals surface area (Å²) >= 11 is 0. The molecule has 0 amide bonds. The molecule has 5 heteroatoms. The molecule has 5 nitrogen and oxygen atoms in total. The van der Waals surface area contributed by atoms with Gasteiger partial charge in [-0.15, -0.1) is 4.91 Å². The summed E-state index contributed by atoms with van der Waals surface area (Å²) in [5.74, 6) is 0.138. The zero-order valence-corrected chi connectivity index (χ0v) is 12.8. The number of nitrogens with one attached hydrogen (secondary N) is 1. The van der Waals surface area contributed by atoms with Crippen molar-refractivity contribution >= 4 is 11.7 Å². The summed E-state index contributed by atoms with van der Waals surface area (Å²) < 4.78 is 5.37. The van der Waals surface area contributed by atoms with Crippen molar-refractivity contribution in [3.8, 4) is 0 Å². The first-order valence-electron chi connectivity index (χ1n) is 7.51. The van der Waals surface area contributed by atoms with Gasteiger partial charge in [-0.2, -0.15) is 0 Å². The number of anilines is 1. The van der Waals surface area contributed by atoms with Crippen molar-refractivity contribution in [2.75, 3.05) is 18.6 Å². The maximum absolute atomic E-state index is 12.0. The summed E-state index contributed by atoms with van der Waals surface area (Å²) in [7, 11) is 0. The first-order chi connectivity index (χ1) is 10.2. The molecule has 0 spiro atoms. The number of carbonyl (C=O) groups is 1. The highest BCUT2D eigenvalue weighted by atomic mass is 16.5. The minimum Gasteiger partial charge on any atom is -0.462 e. The van der Waals surface area contributed by atoms with Crippen LogP contribution in [-0.4, -0.2) is 19.2 Å². The van der Waals surface area contributed by atoms with Crippen molar-refractivity contribution in [3.63, 3.8) is 0 Å². The molecule has 0 aliphatic rings. The standard InChI is InChI=1S/C16H24N2O3/c1-3-5-6-13(4-2)11-21-16(19)14-7-9-15(10-8-14)17-12-18-20/h7-10,13,17H,3-6,11-12H2,1-2H3. The lowest BCUT2D eigenvalue weighted by molar-refractivity contribution is 0.0428. The first-order valence-corrected chi connectivity index (χ1v) is 7.51. The average Bonchev–Trinajstić information content (AvgIpc) is 2.53. The maximum Gasteiger partial charge on any atom is 0.338 e. The van der Waals surface area contributed by atoms with Crippen LogP contribution in [0.5, 0.6) is 0 Å². The fraction of sp³-hybridized carbons (Fsp3) is 0.562. The van der Waals surface area contributed by atoms with E-state index in [0.29, 0.717) is 18.1 Å². The Hall–Kier alpha value is -1.91. The van der Waals surface area contributed by atoms with Gasteiger partial charge >= 0.3 is 5.97 Å². The number of unbranched alkanes of at least 4 members (excludes halogenated alkanes) is 1. The Kier molecular flexibility index (Phi) is 8.09. The van der Waals surface area contributed by atoms with Gasteiger partial charge in [0, 0.05) is 5.69 Å². The number of esters is 1. The molecule has 0 aliphatic heterocycles. The third-order valence-corrected chi connectivity index (χ3v) is 3.46. The van der Waals surface area contributed by atoms with Crippen LogP contribution in [0.15, 0.2) is 29.4 Å². The molecule has 1 atom stereocenters. The van der Waals surface area contributed by atoms with Gasteiger partial charge in [0.25, 0.3) is 0 Å². The lowest BCUT2D eigenvalue weighted by Crippen LogP contribution is -2.14. The topological polar surface area (TPSA) is 67.8 Å². The molecule has 1 rings (SSSR count). The second-order valence-electron chi connectivity index (χ2n) is 5.06. The molecule has 0 bridgehead atoms. The van der Waals surface area contributed by atoms with Crippen LogP contribution in [0.25, 0.3) is 0 Å². The predicted molar refractivity (Wildman–Crippen MR) is 84.3 cm³/mol. The van der Waals surface area contributed by atoms with Gasteiger partial charge in [-0.25, -0.2) is 4.79 Å². The highest BCUT2D eigenvalue weighted by Crippen LogP contribution is 2.15. The Bertz CT molecular complexity index is 432. The van der Waals surface area contributed by atoms with Crippen molar-refractivity contribution in [1.29, 1.82) is 0 Å². The van der Waals surface area contributed by atoms with E-state index in [2.05, 4.69) is 24.3 Å². The molecular formula is C16H24N2O3. The minimum atomic E-state index is -0.301. The summed E-state index contributed by atoms with van der Waals surface area (Å²) in [6.45, 7) is 4.77. The summed E-state index contributed by atoms with van der Waals surface area (Å²) in [5, 5.41) is 5.53. The zero-order chi connectivity index (χ0) is 15.5. The van der Waals surface area contributed by atoms with Crippen molar-refractivity contribution in [1.82, 2.24) is 0 Å². The average molecular weight is 292 g/mol. The molecular weight excluding hydrogens is 268 g/mol.